The fraction of sp³-hybridized carbons (Fsp3) is 0.841. The van der Waals surface area contributed by atoms with Crippen LogP contribution in [-0.2, 0) is 28.6 Å². The maximum atomic E-state index is 12.9. The topological polar surface area (TPSA) is 78.9 Å². The maximum absolute atomic E-state index is 12.9. The molecular formula is C69H126O6. The molecule has 0 aromatic rings. The van der Waals surface area contributed by atoms with Gasteiger partial charge in [-0.1, -0.05) is 288 Å². The van der Waals surface area contributed by atoms with E-state index in [1.165, 1.54) is 231 Å². The molecule has 0 radical (unpaired) electrons. The minimum absolute atomic E-state index is 0.0764. The Labute approximate surface area is 467 Å². The van der Waals surface area contributed by atoms with Crippen molar-refractivity contribution in [2.75, 3.05) is 13.2 Å². The normalized spacial score (nSPS) is 12.3. The van der Waals surface area contributed by atoms with Gasteiger partial charge < -0.3 is 14.2 Å². The molecule has 6 nitrogen and oxygen atoms in total. The lowest BCUT2D eigenvalue weighted by molar-refractivity contribution is -0.167. The van der Waals surface area contributed by atoms with E-state index in [0.29, 0.717) is 19.3 Å². The Morgan fingerprint density at radius 1 is 0.267 bits per heavy atom. The number of allylic oxidation sites excluding steroid dienone is 8. The van der Waals surface area contributed by atoms with E-state index in [1.807, 2.05) is 0 Å². The first-order chi connectivity index (χ1) is 37.0. The van der Waals surface area contributed by atoms with Crippen LogP contribution in [0.15, 0.2) is 48.6 Å². The highest BCUT2D eigenvalue weighted by atomic mass is 16.6. The lowest BCUT2D eigenvalue weighted by atomic mass is 10.0. The van der Waals surface area contributed by atoms with Gasteiger partial charge in [0.1, 0.15) is 13.2 Å². The monoisotopic (exact) mass is 1050 g/mol. The maximum Gasteiger partial charge on any atom is 0.306 e. The molecule has 6 heteroatoms. The molecule has 75 heavy (non-hydrogen) atoms. The van der Waals surface area contributed by atoms with Crippen LogP contribution in [-0.4, -0.2) is 37.2 Å². The minimum atomic E-state index is -0.780. The quantitative estimate of drug-likeness (QED) is 0.0261. The first-order valence-corrected chi connectivity index (χ1v) is 33.1. The molecule has 0 aliphatic heterocycles. The average molecular weight is 1050 g/mol. The van der Waals surface area contributed by atoms with Gasteiger partial charge in [-0.25, -0.2) is 0 Å². The van der Waals surface area contributed by atoms with Gasteiger partial charge >= 0.3 is 17.9 Å². The van der Waals surface area contributed by atoms with E-state index >= 15 is 0 Å². The molecule has 0 aliphatic rings. The summed E-state index contributed by atoms with van der Waals surface area (Å²) in [6, 6.07) is 0. The second-order valence-corrected chi connectivity index (χ2v) is 22.4. The summed E-state index contributed by atoms with van der Waals surface area (Å²) in [5.74, 6) is -0.874. The molecule has 0 amide bonds. The molecule has 0 aromatic heterocycles. The molecule has 438 valence electrons. The first-order valence-electron chi connectivity index (χ1n) is 33.1. The number of hydrogen-bond donors (Lipinski definition) is 0. The highest BCUT2D eigenvalue weighted by Crippen LogP contribution is 2.17. The fourth-order valence-electron chi connectivity index (χ4n) is 9.77. The summed E-state index contributed by atoms with van der Waals surface area (Å²) in [5, 5.41) is 0. The zero-order chi connectivity index (χ0) is 54.3. The van der Waals surface area contributed by atoms with Gasteiger partial charge in [0.05, 0.1) is 0 Å². The van der Waals surface area contributed by atoms with Gasteiger partial charge in [0.25, 0.3) is 0 Å². The van der Waals surface area contributed by atoms with Gasteiger partial charge in [-0.15, -0.1) is 0 Å². The van der Waals surface area contributed by atoms with E-state index in [1.54, 1.807) is 0 Å². The molecular weight excluding hydrogens is 925 g/mol. The Hall–Kier alpha value is -2.63. The predicted molar refractivity (Wildman–Crippen MR) is 325 cm³/mol. The van der Waals surface area contributed by atoms with Crippen LogP contribution in [0, 0.1) is 0 Å². The number of unbranched alkanes of at least 4 members (excludes halogenated alkanes) is 42. The van der Waals surface area contributed by atoms with Crippen LogP contribution in [0.1, 0.15) is 355 Å². The van der Waals surface area contributed by atoms with Crippen LogP contribution in [0.3, 0.4) is 0 Å². The summed E-state index contributed by atoms with van der Waals surface area (Å²) >= 11 is 0. The lowest BCUT2D eigenvalue weighted by Gasteiger charge is -2.18. The molecule has 0 aliphatic carbocycles. The zero-order valence-corrected chi connectivity index (χ0v) is 50.3. The molecule has 0 fully saturated rings. The summed E-state index contributed by atoms with van der Waals surface area (Å²) in [7, 11) is 0. The fourth-order valence-corrected chi connectivity index (χ4v) is 9.77. The van der Waals surface area contributed by atoms with Gasteiger partial charge in [-0.3, -0.25) is 14.4 Å². The van der Waals surface area contributed by atoms with E-state index in [9.17, 15) is 14.4 Å². The molecule has 0 rings (SSSR count). The number of ether oxygens (including phenoxy) is 3. The summed E-state index contributed by atoms with van der Waals surface area (Å²) in [6.45, 7) is 6.61. The largest absolute Gasteiger partial charge is 0.462 e. The molecule has 0 bridgehead atoms. The van der Waals surface area contributed by atoms with Crippen molar-refractivity contribution in [2.45, 2.75) is 361 Å². The van der Waals surface area contributed by atoms with Crippen molar-refractivity contribution in [3.8, 4) is 0 Å². The molecule has 0 aromatic carbocycles. The van der Waals surface area contributed by atoms with Crippen LogP contribution in [0.5, 0.6) is 0 Å². The van der Waals surface area contributed by atoms with Crippen molar-refractivity contribution in [3.63, 3.8) is 0 Å². The second kappa shape index (κ2) is 63.9. The third kappa shape index (κ3) is 62.1. The predicted octanol–water partition coefficient (Wildman–Crippen LogP) is 22.6. The molecule has 1 unspecified atom stereocenters. The van der Waals surface area contributed by atoms with Gasteiger partial charge in [0, 0.05) is 19.3 Å². The summed E-state index contributed by atoms with van der Waals surface area (Å²) in [6.07, 6.45) is 79.8. The summed E-state index contributed by atoms with van der Waals surface area (Å²) < 4.78 is 16.9. The van der Waals surface area contributed by atoms with Crippen molar-refractivity contribution in [2.24, 2.45) is 0 Å². The number of carbonyl (C=O) groups excluding carboxylic acids is 3. The Balaban J connectivity index is 4.28. The van der Waals surface area contributed by atoms with E-state index < -0.39 is 6.10 Å². The molecule has 0 N–H and O–H groups in total. The molecule has 0 heterocycles. The van der Waals surface area contributed by atoms with Crippen LogP contribution >= 0.6 is 0 Å². The Kier molecular flexibility index (Phi) is 61.7. The van der Waals surface area contributed by atoms with Crippen LogP contribution in [0.25, 0.3) is 0 Å². The van der Waals surface area contributed by atoms with Crippen molar-refractivity contribution in [1.82, 2.24) is 0 Å². The third-order valence-electron chi connectivity index (χ3n) is 14.8. The van der Waals surface area contributed by atoms with Crippen LogP contribution < -0.4 is 0 Å². The Morgan fingerprint density at radius 3 is 0.800 bits per heavy atom. The lowest BCUT2D eigenvalue weighted by Crippen LogP contribution is -2.30. The number of hydrogen-bond acceptors (Lipinski definition) is 6. The van der Waals surface area contributed by atoms with Gasteiger partial charge in [-0.05, 0) is 96.3 Å². The average Bonchev–Trinajstić information content (AvgIpc) is 3.41. The molecule has 1 atom stereocenters. The zero-order valence-electron chi connectivity index (χ0n) is 50.3. The smallest absolute Gasteiger partial charge is 0.306 e. The summed E-state index contributed by atoms with van der Waals surface area (Å²) in [4.78, 5) is 38.3. The number of esters is 3. The van der Waals surface area contributed by atoms with Crippen molar-refractivity contribution in [1.29, 1.82) is 0 Å². The molecule has 0 spiro atoms. The Morgan fingerprint density at radius 2 is 0.507 bits per heavy atom. The highest BCUT2D eigenvalue weighted by Gasteiger charge is 2.19. The second-order valence-electron chi connectivity index (χ2n) is 22.4. The van der Waals surface area contributed by atoms with Gasteiger partial charge in [0.2, 0.25) is 0 Å². The van der Waals surface area contributed by atoms with Crippen LogP contribution in [0.4, 0.5) is 0 Å². The van der Waals surface area contributed by atoms with E-state index in [2.05, 4.69) is 69.4 Å². The number of rotatable bonds is 61. The highest BCUT2D eigenvalue weighted by molar-refractivity contribution is 5.71. The number of carbonyl (C=O) groups is 3. The van der Waals surface area contributed by atoms with Crippen LogP contribution in [0.2, 0.25) is 0 Å². The summed E-state index contributed by atoms with van der Waals surface area (Å²) in [5.41, 5.74) is 0. The standard InChI is InChI=1S/C69H126O6/c1-4-7-10-13-16-19-22-25-27-29-31-33-34-36-37-39-41-44-47-50-53-56-59-62-68(71)74-65-66(64-73-67(70)61-58-55-52-49-46-43-24-21-18-15-12-9-6-3)75-69(72)63-60-57-54-51-48-45-42-40-38-35-32-30-28-26-23-20-17-14-11-8-5-2/h12,15,21,24,29-32,66H,4-11,13-14,16-20,22-23,25-28,33-65H2,1-3H3/b15-12-,24-21-,31-29-,32-30-. The molecule has 0 saturated heterocycles. The van der Waals surface area contributed by atoms with E-state index in [0.717, 1.165) is 83.5 Å². The molecule has 0 saturated carbocycles. The minimum Gasteiger partial charge on any atom is -0.462 e. The van der Waals surface area contributed by atoms with Gasteiger partial charge in [0.15, 0.2) is 6.10 Å². The van der Waals surface area contributed by atoms with Crippen molar-refractivity contribution in [3.05, 3.63) is 48.6 Å². The first kappa shape index (κ1) is 72.4. The van der Waals surface area contributed by atoms with E-state index in [-0.39, 0.29) is 31.1 Å². The van der Waals surface area contributed by atoms with Crippen molar-refractivity contribution >= 4 is 17.9 Å². The SMILES string of the molecule is CCC/C=C\C/C=C\CCCCCCCC(=O)OCC(COC(=O)CCCCCCCCCCCCC/C=C\CCCCCCCCCC)OC(=O)CCCCCCCCCCC/C=C\CCCCCCCCCC. The third-order valence-corrected chi connectivity index (χ3v) is 14.8. The van der Waals surface area contributed by atoms with Gasteiger partial charge in [-0.2, -0.15) is 0 Å². The van der Waals surface area contributed by atoms with E-state index in [4.69, 9.17) is 14.2 Å². The Bertz CT molecular complexity index is 1300. The van der Waals surface area contributed by atoms with Crippen molar-refractivity contribution < 1.29 is 28.6 Å².